The molecule has 5 heteroatoms. The second-order valence-corrected chi connectivity index (χ2v) is 6.74. The van der Waals surface area contributed by atoms with Crippen molar-refractivity contribution in [2.45, 2.75) is 74.3 Å². The molecule has 0 radical (unpaired) electrons. The standard InChI is InChI=1S/C15H24O4.4CH4.He/c1-15(19-14(17)9-18-3-2-16)12-5-10-4-11(7-12)8-13(15)6-10;;;;;/h10-13,16H,2-9H2,1H3;4*1H4;. The van der Waals surface area contributed by atoms with Crippen LogP contribution < -0.4 is 0 Å². The first-order valence-corrected chi connectivity index (χ1v) is 7.52. The van der Waals surface area contributed by atoms with Crippen LogP contribution >= 0.6 is 0 Å². The zero-order valence-electron chi connectivity index (χ0n) is 12.3. The molecule has 4 saturated carbocycles. The fourth-order valence-electron chi connectivity index (χ4n) is 4.78. The van der Waals surface area contributed by atoms with E-state index in [-0.39, 0.29) is 67.2 Å². The molecule has 4 nitrogen and oxygen atoms in total. The summed E-state index contributed by atoms with van der Waals surface area (Å²) in [4.78, 5) is 11.9. The molecule has 0 aromatic heterocycles. The number of aliphatic hydroxyl groups excluding tert-OH is 1. The van der Waals surface area contributed by atoms with Crippen molar-refractivity contribution in [1.29, 1.82) is 0 Å². The minimum absolute atomic E-state index is 0. The summed E-state index contributed by atoms with van der Waals surface area (Å²) in [7, 11) is 0. The molecule has 0 heterocycles. The Bertz CT molecular complexity index is 331. The number of aliphatic hydroxyl groups is 1. The summed E-state index contributed by atoms with van der Waals surface area (Å²) in [5.74, 6) is 2.57. The van der Waals surface area contributed by atoms with Gasteiger partial charge in [0.1, 0.15) is 12.2 Å². The number of carbonyl (C=O) groups excluding carboxylic acids is 1. The Morgan fingerprint density at radius 1 is 1.00 bits per heavy atom. The molecule has 24 heavy (non-hydrogen) atoms. The van der Waals surface area contributed by atoms with Gasteiger partial charge in [0.2, 0.25) is 0 Å². The van der Waals surface area contributed by atoms with Gasteiger partial charge in [-0.05, 0) is 62.7 Å². The van der Waals surface area contributed by atoms with Gasteiger partial charge in [-0.3, -0.25) is 0 Å². The Balaban J connectivity index is -0.000000882. The van der Waals surface area contributed by atoms with Crippen LogP contribution in [0.5, 0.6) is 0 Å². The summed E-state index contributed by atoms with van der Waals surface area (Å²) < 4.78 is 10.9. The van der Waals surface area contributed by atoms with E-state index in [4.69, 9.17) is 14.6 Å². The van der Waals surface area contributed by atoms with Crippen LogP contribution in [0.15, 0.2) is 0 Å². The first-order chi connectivity index (χ1) is 9.11. The molecular formula is C19H40HeO4. The van der Waals surface area contributed by atoms with Crippen molar-refractivity contribution in [1.82, 2.24) is 0 Å². The summed E-state index contributed by atoms with van der Waals surface area (Å²) in [6.45, 7) is 2.23. The monoisotopic (exact) mass is 336 g/mol. The largest absolute Gasteiger partial charge is 0.457 e. The number of hydrogen-bond acceptors (Lipinski definition) is 4. The molecule has 4 aliphatic carbocycles. The Morgan fingerprint density at radius 3 is 1.88 bits per heavy atom. The summed E-state index contributed by atoms with van der Waals surface area (Å²) >= 11 is 0. The predicted octanol–water partition coefficient (Wildman–Crippen LogP) is 4.30. The van der Waals surface area contributed by atoms with Gasteiger partial charge in [0.25, 0.3) is 0 Å². The van der Waals surface area contributed by atoms with Gasteiger partial charge in [-0.2, -0.15) is 0 Å². The molecule has 0 amide bonds. The summed E-state index contributed by atoms with van der Waals surface area (Å²) in [6.07, 6.45) is 6.32. The third-order valence-electron chi connectivity index (χ3n) is 5.55. The van der Waals surface area contributed by atoms with Gasteiger partial charge in [0.05, 0.1) is 13.2 Å². The zero-order valence-corrected chi connectivity index (χ0v) is 12.3. The van der Waals surface area contributed by atoms with Gasteiger partial charge in [0, 0.05) is 6.15 Å². The molecule has 4 rings (SSSR count). The predicted molar refractivity (Wildman–Crippen MR) is 96.4 cm³/mol. The minimum Gasteiger partial charge on any atom is -0.457 e. The molecule has 0 saturated heterocycles. The average Bonchev–Trinajstić information content (AvgIpc) is 2.35. The quantitative estimate of drug-likeness (QED) is 0.601. The number of ether oxygens (including phenoxy) is 2. The van der Waals surface area contributed by atoms with Gasteiger partial charge in [-0.1, -0.05) is 29.7 Å². The smallest absolute Gasteiger partial charge is 0.332 e. The van der Waals surface area contributed by atoms with Crippen LogP contribution in [0.4, 0.5) is 0 Å². The molecule has 0 atom stereocenters. The average molecular weight is 337 g/mol. The van der Waals surface area contributed by atoms with E-state index in [1.807, 2.05) is 0 Å². The van der Waals surface area contributed by atoms with E-state index in [9.17, 15) is 4.79 Å². The SMILES string of the molecule is C.C.C.C.CC1(OC(=O)COCCO)C2CC3CC(C2)CC1C3.[He]. The fourth-order valence-corrected chi connectivity index (χ4v) is 4.78. The second kappa shape index (κ2) is 11.0. The number of hydrogen-bond donors (Lipinski definition) is 1. The van der Waals surface area contributed by atoms with Crippen molar-refractivity contribution in [3.63, 3.8) is 0 Å². The van der Waals surface area contributed by atoms with E-state index in [0.717, 1.165) is 11.8 Å². The van der Waals surface area contributed by atoms with Crippen LogP contribution in [0.3, 0.4) is 0 Å². The molecule has 4 bridgehead atoms. The summed E-state index contributed by atoms with van der Waals surface area (Å²) in [5.41, 5.74) is -0.271. The first kappa shape index (κ1) is 28.1. The molecule has 0 aromatic rings. The molecule has 4 fully saturated rings. The van der Waals surface area contributed by atoms with Gasteiger partial charge >= 0.3 is 5.97 Å². The minimum atomic E-state index is -0.275. The zero-order chi connectivity index (χ0) is 13.5. The van der Waals surface area contributed by atoms with Crippen LogP contribution in [0.2, 0.25) is 0 Å². The topological polar surface area (TPSA) is 55.8 Å². The van der Waals surface area contributed by atoms with E-state index >= 15 is 0 Å². The number of rotatable bonds is 5. The summed E-state index contributed by atoms with van der Waals surface area (Å²) in [6, 6.07) is 0. The Morgan fingerprint density at radius 2 is 1.46 bits per heavy atom. The molecule has 0 unspecified atom stereocenters. The van der Waals surface area contributed by atoms with Crippen molar-refractivity contribution in [3.8, 4) is 0 Å². The third kappa shape index (κ3) is 5.15. The first-order valence-electron chi connectivity index (χ1n) is 7.52. The van der Waals surface area contributed by atoms with E-state index in [1.165, 1.54) is 32.1 Å². The van der Waals surface area contributed by atoms with Gasteiger partial charge in [-0.15, -0.1) is 0 Å². The summed E-state index contributed by atoms with van der Waals surface area (Å²) in [5, 5.41) is 8.64. The second-order valence-electron chi connectivity index (χ2n) is 6.74. The number of carbonyl (C=O) groups is 1. The molecule has 4 aliphatic rings. The van der Waals surface area contributed by atoms with Crippen LogP contribution in [0.1, 0.15) is 68.7 Å². The van der Waals surface area contributed by atoms with Gasteiger partial charge in [0.15, 0.2) is 0 Å². The van der Waals surface area contributed by atoms with Crippen molar-refractivity contribution >= 4 is 5.97 Å². The van der Waals surface area contributed by atoms with Gasteiger partial charge < -0.3 is 14.6 Å². The van der Waals surface area contributed by atoms with E-state index in [0.29, 0.717) is 11.8 Å². The third-order valence-corrected chi connectivity index (χ3v) is 5.55. The van der Waals surface area contributed by atoms with Crippen LogP contribution in [0, 0.1) is 29.8 Å². The Hall–Kier alpha value is -0.701. The van der Waals surface area contributed by atoms with Crippen molar-refractivity contribution < 1.29 is 25.5 Å². The normalized spacial score (nSPS) is 34.4. The van der Waals surface area contributed by atoms with Gasteiger partial charge in [-0.25, -0.2) is 4.79 Å². The van der Waals surface area contributed by atoms with E-state index in [2.05, 4.69) is 6.92 Å². The fraction of sp³-hybridized carbons (Fsp3) is 0.947. The molecular weight excluding hydrogens is 296 g/mol. The van der Waals surface area contributed by atoms with Crippen molar-refractivity contribution in [3.05, 3.63) is 0 Å². The van der Waals surface area contributed by atoms with Crippen molar-refractivity contribution in [2.75, 3.05) is 19.8 Å². The Kier molecular flexibility index (Phi) is 12.9. The number of esters is 1. The molecule has 1 N–H and O–H groups in total. The van der Waals surface area contributed by atoms with Crippen LogP contribution in [-0.4, -0.2) is 36.5 Å². The Labute approximate surface area is 150 Å². The van der Waals surface area contributed by atoms with Crippen LogP contribution in [-0.2, 0) is 14.3 Å². The molecule has 0 aliphatic heterocycles. The van der Waals surface area contributed by atoms with Crippen molar-refractivity contribution in [2.24, 2.45) is 23.7 Å². The maximum atomic E-state index is 11.9. The van der Waals surface area contributed by atoms with E-state index in [1.54, 1.807) is 0 Å². The maximum Gasteiger partial charge on any atom is 0.332 e. The molecule has 142 valence electrons. The van der Waals surface area contributed by atoms with Crippen LogP contribution in [0.25, 0.3) is 0 Å². The van der Waals surface area contributed by atoms with E-state index < -0.39 is 0 Å². The maximum absolute atomic E-state index is 11.9. The molecule has 0 aromatic carbocycles. The molecule has 0 spiro atoms.